The van der Waals surface area contributed by atoms with Crippen molar-refractivity contribution in [2.45, 2.75) is 13.8 Å². The highest BCUT2D eigenvalue weighted by molar-refractivity contribution is 5.68. The van der Waals surface area contributed by atoms with Gasteiger partial charge >= 0.3 is 0 Å². The van der Waals surface area contributed by atoms with Crippen LogP contribution in [0.3, 0.4) is 0 Å². The second-order valence-corrected chi connectivity index (χ2v) is 5.26. The summed E-state index contributed by atoms with van der Waals surface area (Å²) >= 11 is 0. The van der Waals surface area contributed by atoms with Crippen LogP contribution in [0.25, 0.3) is 5.69 Å². The quantitative estimate of drug-likeness (QED) is 0.588. The highest BCUT2D eigenvalue weighted by atomic mass is 16.6. The molecule has 0 radical (unpaired) electrons. The molecule has 0 fully saturated rings. The van der Waals surface area contributed by atoms with Crippen molar-refractivity contribution in [3.63, 3.8) is 0 Å². The van der Waals surface area contributed by atoms with Crippen LogP contribution in [0.2, 0.25) is 0 Å². The number of hydrogen-bond acceptors (Lipinski definition) is 5. The fraction of sp³-hybridized carbons (Fsp3) is 0.125. The lowest BCUT2D eigenvalue weighted by Gasteiger charge is -2.09. The highest BCUT2D eigenvalue weighted by Crippen LogP contribution is 2.28. The van der Waals surface area contributed by atoms with E-state index < -0.39 is 4.92 Å². The van der Waals surface area contributed by atoms with Gasteiger partial charge < -0.3 is 5.32 Å². The van der Waals surface area contributed by atoms with Crippen molar-refractivity contribution >= 4 is 17.3 Å². The van der Waals surface area contributed by atoms with Crippen molar-refractivity contribution in [3.8, 4) is 5.69 Å². The first-order valence-corrected chi connectivity index (χ1v) is 7.04. The smallest absolute Gasteiger partial charge is 0.293 e. The number of nitrogens with zero attached hydrogens (tertiary/aromatic N) is 4. The number of benzene rings is 2. The van der Waals surface area contributed by atoms with Gasteiger partial charge in [-0.25, -0.2) is 0 Å². The maximum absolute atomic E-state index is 11.2. The van der Waals surface area contributed by atoms with Crippen LogP contribution in [0.15, 0.2) is 48.8 Å². The Morgan fingerprint density at radius 2 is 1.78 bits per heavy atom. The van der Waals surface area contributed by atoms with E-state index >= 15 is 0 Å². The predicted octanol–water partition coefficient (Wildman–Crippen LogP) is 3.54. The minimum atomic E-state index is -0.415. The fourth-order valence-corrected chi connectivity index (χ4v) is 2.23. The second kappa shape index (κ2) is 5.88. The predicted molar refractivity (Wildman–Crippen MR) is 87.2 cm³/mol. The molecule has 7 heteroatoms. The summed E-state index contributed by atoms with van der Waals surface area (Å²) in [6, 6.07) is 12.8. The minimum Gasteiger partial charge on any atom is -0.318 e. The van der Waals surface area contributed by atoms with E-state index in [9.17, 15) is 10.1 Å². The van der Waals surface area contributed by atoms with Crippen LogP contribution in [0.4, 0.5) is 17.3 Å². The molecule has 23 heavy (non-hydrogen) atoms. The van der Waals surface area contributed by atoms with Crippen molar-refractivity contribution in [1.29, 1.82) is 0 Å². The molecule has 0 bridgehead atoms. The Morgan fingerprint density at radius 1 is 1.09 bits per heavy atom. The molecule has 1 heterocycles. The molecule has 7 nitrogen and oxygen atoms in total. The molecule has 0 saturated carbocycles. The average Bonchev–Trinajstić information content (AvgIpc) is 2.98. The van der Waals surface area contributed by atoms with Gasteiger partial charge in [0.25, 0.3) is 5.69 Å². The lowest BCUT2D eigenvalue weighted by molar-refractivity contribution is -0.384. The van der Waals surface area contributed by atoms with Crippen LogP contribution in [0.5, 0.6) is 0 Å². The Balaban J connectivity index is 1.98. The normalized spacial score (nSPS) is 10.5. The molecule has 1 N–H and O–H groups in total. The molecule has 0 spiro atoms. The molecule has 2 aromatic carbocycles. The molecule has 0 unspecified atom stereocenters. The summed E-state index contributed by atoms with van der Waals surface area (Å²) in [5.41, 5.74) is 3.22. The lowest BCUT2D eigenvalue weighted by atomic mass is 10.2. The third kappa shape index (κ3) is 3.03. The minimum absolute atomic E-state index is 0.00320. The van der Waals surface area contributed by atoms with Crippen LogP contribution in [-0.4, -0.2) is 19.7 Å². The van der Waals surface area contributed by atoms with E-state index in [-0.39, 0.29) is 5.69 Å². The van der Waals surface area contributed by atoms with Crippen molar-refractivity contribution in [2.75, 3.05) is 5.32 Å². The Hall–Kier alpha value is -3.22. The average molecular weight is 309 g/mol. The summed E-state index contributed by atoms with van der Waals surface area (Å²) in [7, 11) is 0. The number of nitro benzene ring substituents is 1. The summed E-state index contributed by atoms with van der Waals surface area (Å²) < 4.78 is 1.74. The van der Waals surface area contributed by atoms with E-state index in [1.165, 1.54) is 6.07 Å². The summed E-state index contributed by atoms with van der Waals surface area (Å²) in [4.78, 5) is 10.8. The Labute approximate surface area is 132 Å². The van der Waals surface area contributed by atoms with E-state index in [0.29, 0.717) is 11.6 Å². The van der Waals surface area contributed by atoms with Gasteiger partial charge in [0.05, 0.1) is 10.6 Å². The largest absolute Gasteiger partial charge is 0.318 e. The third-order valence-electron chi connectivity index (χ3n) is 3.46. The number of hydrogen-bond donors (Lipinski definition) is 1. The van der Waals surface area contributed by atoms with Gasteiger partial charge in [-0.2, -0.15) is 0 Å². The monoisotopic (exact) mass is 309 g/mol. The molecule has 0 aliphatic carbocycles. The SMILES string of the molecule is Cc1ccc(-n2cnnc2Nc2ccc(C)cc2[N+](=O)[O-])cc1. The van der Waals surface area contributed by atoms with Crippen molar-refractivity contribution in [1.82, 2.24) is 14.8 Å². The molecule has 116 valence electrons. The first-order chi connectivity index (χ1) is 11.0. The Bertz CT molecular complexity index is 855. The van der Waals surface area contributed by atoms with Crippen LogP contribution in [0, 0.1) is 24.0 Å². The van der Waals surface area contributed by atoms with Crippen LogP contribution in [-0.2, 0) is 0 Å². The van der Waals surface area contributed by atoms with E-state index in [1.54, 1.807) is 17.0 Å². The van der Waals surface area contributed by atoms with E-state index in [1.807, 2.05) is 44.2 Å². The Morgan fingerprint density at radius 3 is 2.48 bits per heavy atom. The molecule has 0 aliphatic heterocycles. The second-order valence-electron chi connectivity index (χ2n) is 5.26. The number of anilines is 2. The molecule has 0 amide bonds. The van der Waals surface area contributed by atoms with Crippen molar-refractivity contribution in [2.24, 2.45) is 0 Å². The lowest BCUT2D eigenvalue weighted by Crippen LogP contribution is -2.03. The van der Waals surface area contributed by atoms with Gasteiger partial charge in [-0.15, -0.1) is 10.2 Å². The molecular weight excluding hydrogens is 294 g/mol. The molecule has 0 saturated heterocycles. The molecule has 0 aliphatic rings. The molecule has 3 rings (SSSR count). The zero-order valence-electron chi connectivity index (χ0n) is 12.7. The number of nitrogens with one attached hydrogen (secondary N) is 1. The summed E-state index contributed by atoms with van der Waals surface area (Å²) in [5.74, 6) is 0.417. The number of nitro groups is 1. The van der Waals surface area contributed by atoms with Gasteiger partial charge in [0.2, 0.25) is 5.95 Å². The van der Waals surface area contributed by atoms with Gasteiger partial charge in [-0.05, 0) is 37.6 Å². The fourth-order valence-electron chi connectivity index (χ4n) is 2.23. The molecule has 1 aromatic heterocycles. The zero-order chi connectivity index (χ0) is 16.4. The Kier molecular flexibility index (Phi) is 3.76. The molecular formula is C16H15N5O2. The van der Waals surface area contributed by atoms with Gasteiger partial charge in [0.1, 0.15) is 12.0 Å². The van der Waals surface area contributed by atoms with Crippen LogP contribution in [0.1, 0.15) is 11.1 Å². The van der Waals surface area contributed by atoms with Gasteiger partial charge in [0, 0.05) is 6.07 Å². The molecule has 0 atom stereocenters. The summed E-state index contributed by atoms with van der Waals surface area (Å²) in [6.45, 7) is 3.82. The molecule has 3 aromatic rings. The van der Waals surface area contributed by atoms with E-state index in [2.05, 4.69) is 15.5 Å². The highest BCUT2D eigenvalue weighted by Gasteiger charge is 2.16. The number of aromatic nitrogens is 3. The first kappa shape index (κ1) is 14.7. The summed E-state index contributed by atoms with van der Waals surface area (Å²) in [5, 5.41) is 22.1. The first-order valence-electron chi connectivity index (χ1n) is 7.04. The van der Waals surface area contributed by atoms with Crippen LogP contribution >= 0.6 is 0 Å². The maximum atomic E-state index is 11.2. The maximum Gasteiger partial charge on any atom is 0.293 e. The van der Waals surface area contributed by atoms with Crippen LogP contribution < -0.4 is 5.32 Å². The van der Waals surface area contributed by atoms with Gasteiger partial charge in [-0.3, -0.25) is 14.7 Å². The standard InChI is InChI=1S/C16H15N5O2/c1-11-3-6-13(7-4-11)20-10-17-19-16(20)18-14-8-5-12(2)9-15(14)21(22)23/h3-10H,1-2H3,(H,18,19). The van der Waals surface area contributed by atoms with E-state index in [0.717, 1.165) is 16.8 Å². The van der Waals surface area contributed by atoms with Gasteiger partial charge in [-0.1, -0.05) is 23.8 Å². The van der Waals surface area contributed by atoms with E-state index in [4.69, 9.17) is 0 Å². The number of aryl methyl sites for hydroxylation is 2. The summed E-state index contributed by atoms with van der Waals surface area (Å²) in [6.07, 6.45) is 1.56. The number of rotatable bonds is 4. The van der Waals surface area contributed by atoms with Crippen molar-refractivity contribution < 1.29 is 4.92 Å². The third-order valence-corrected chi connectivity index (χ3v) is 3.46. The van der Waals surface area contributed by atoms with Gasteiger partial charge in [0.15, 0.2) is 0 Å². The van der Waals surface area contributed by atoms with Crippen molar-refractivity contribution in [3.05, 3.63) is 70.0 Å². The topological polar surface area (TPSA) is 85.9 Å². The zero-order valence-corrected chi connectivity index (χ0v) is 12.7.